The highest BCUT2D eigenvalue weighted by Crippen LogP contribution is 2.30. The number of hydrogen-bond acceptors (Lipinski definition) is 5. The predicted molar refractivity (Wildman–Crippen MR) is 114 cm³/mol. The number of rotatable bonds is 8. The van der Waals surface area contributed by atoms with Crippen molar-refractivity contribution in [3.05, 3.63) is 51.2 Å². The average molecular weight is 402 g/mol. The number of carbonyl (C=O) groups excluding carboxylic acids is 2. The maximum Gasteiger partial charge on any atom is 0.262 e. The van der Waals surface area contributed by atoms with Crippen LogP contribution < -0.4 is 9.47 Å². The molecule has 5 nitrogen and oxygen atoms in total. The lowest BCUT2D eigenvalue weighted by atomic mass is 10.1. The molecule has 1 aromatic heterocycles. The van der Waals surface area contributed by atoms with Crippen LogP contribution >= 0.6 is 11.3 Å². The van der Waals surface area contributed by atoms with Gasteiger partial charge in [-0.05, 0) is 57.5 Å². The lowest BCUT2D eigenvalue weighted by Gasteiger charge is -2.20. The SMILES string of the molecule is CCOc1cc(/C=C/C(=O)c2cc(C)sc2C)ccc1O[C@H](C)C(=O)N(C)C. The van der Waals surface area contributed by atoms with Gasteiger partial charge in [0.1, 0.15) is 0 Å². The van der Waals surface area contributed by atoms with Gasteiger partial charge in [-0.1, -0.05) is 12.1 Å². The molecule has 1 amide bonds. The predicted octanol–water partition coefficient (Wildman–Crippen LogP) is 4.52. The van der Waals surface area contributed by atoms with Crippen molar-refractivity contribution in [1.29, 1.82) is 0 Å². The van der Waals surface area contributed by atoms with Gasteiger partial charge in [-0.25, -0.2) is 0 Å². The van der Waals surface area contributed by atoms with Gasteiger partial charge in [0.15, 0.2) is 23.4 Å². The molecule has 0 radical (unpaired) electrons. The van der Waals surface area contributed by atoms with Crippen LogP contribution in [0.4, 0.5) is 0 Å². The van der Waals surface area contributed by atoms with Gasteiger partial charge in [0, 0.05) is 29.4 Å². The zero-order valence-electron chi connectivity index (χ0n) is 17.2. The molecule has 0 saturated heterocycles. The molecular formula is C22H27NO4S. The lowest BCUT2D eigenvalue weighted by molar-refractivity contribution is -0.135. The Hall–Kier alpha value is -2.60. The molecule has 0 fully saturated rings. The van der Waals surface area contributed by atoms with Crippen LogP contribution in [-0.4, -0.2) is 43.4 Å². The monoisotopic (exact) mass is 401 g/mol. The molecule has 1 atom stereocenters. The fraction of sp³-hybridized carbons (Fsp3) is 0.364. The number of benzene rings is 1. The maximum atomic E-state index is 12.4. The highest BCUT2D eigenvalue weighted by atomic mass is 32.1. The molecular weight excluding hydrogens is 374 g/mol. The second-order valence-corrected chi connectivity index (χ2v) is 8.12. The van der Waals surface area contributed by atoms with Crippen LogP contribution in [0, 0.1) is 13.8 Å². The van der Waals surface area contributed by atoms with E-state index in [1.165, 1.54) is 4.90 Å². The van der Waals surface area contributed by atoms with Crippen molar-refractivity contribution in [3.63, 3.8) is 0 Å². The van der Waals surface area contributed by atoms with Crippen LogP contribution in [0.2, 0.25) is 0 Å². The summed E-state index contributed by atoms with van der Waals surface area (Å²) in [6, 6.07) is 7.31. The van der Waals surface area contributed by atoms with Crippen molar-refractivity contribution in [2.45, 2.75) is 33.8 Å². The second kappa shape index (κ2) is 9.55. The van der Waals surface area contributed by atoms with E-state index in [0.717, 1.165) is 20.9 Å². The average Bonchev–Trinajstić information content (AvgIpc) is 2.99. The first-order chi connectivity index (χ1) is 13.2. The van der Waals surface area contributed by atoms with Crippen LogP contribution in [-0.2, 0) is 4.79 Å². The van der Waals surface area contributed by atoms with Crippen molar-refractivity contribution in [1.82, 2.24) is 4.90 Å². The van der Waals surface area contributed by atoms with Gasteiger partial charge in [-0.15, -0.1) is 11.3 Å². The Morgan fingerprint density at radius 3 is 2.46 bits per heavy atom. The van der Waals surface area contributed by atoms with Gasteiger partial charge in [-0.3, -0.25) is 9.59 Å². The van der Waals surface area contributed by atoms with E-state index in [1.54, 1.807) is 56.6 Å². The van der Waals surface area contributed by atoms with E-state index in [9.17, 15) is 9.59 Å². The topological polar surface area (TPSA) is 55.8 Å². The largest absolute Gasteiger partial charge is 0.490 e. The molecule has 0 N–H and O–H groups in total. The number of ketones is 1. The fourth-order valence-corrected chi connectivity index (χ4v) is 3.66. The van der Waals surface area contributed by atoms with Gasteiger partial charge in [0.25, 0.3) is 5.91 Å². The smallest absolute Gasteiger partial charge is 0.262 e. The number of carbonyl (C=O) groups is 2. The summed E-state index contributed by atoms with van der Waals surface area (Å²) < 4.78 is 11.4. The Kier molecular flexibility index (Phi) is 7.40. The van der Waals surface area contributed by atoms with Crippen LogP contribution in [0.5, 0.6) is 11.5 Å². The summed E-state index contributed by atoms with van der Waals surface area (Å²) >= 11 is 1.62. The molecule has 28 heavy (non-hydrogen) atoms. The van der Waals surface area contributed by atoms with Crippen molar-refractivity contribution in [3.8, 4) is 11.5 Å². The number of likely N-dealkylation sites (N-methyl/N-ethyl adjacent to an activating group) is 1. The van der Waals surface area contributed by atoms with Crippen molar-refractivity contribution in [2.24, 2.45) is 0 Å². The molecule has 0 spiro atoms. The summed E-state index contributed by atoms with van der Waals surface area (Å²) in [7, 11) is 3.38. The molecule has 0 aliphatic rings. The van der Waals surface area contributed by atoms with E-state index in [4.69, 9.17) is 9.47 Å². The molecule has 0 aliphatic heterocycles. The number of amides is 1. The minimum atomic E-state index is -0.623. The van der Waals surface area contributed by atoms with E-state index in [2.05, 4.69) is 0 Å². The third-order valence-corrected chi connectivity index (χ3v) is 5.06. The number of hydrogen-bond donors (Lipinski definition) is 0. The fourth-order valence-electron chi connectivity index (χ4n) is 2.74. The Bertz CT molecular complexity index is 883. The van der Waals surface area contributed by atoms with Gasteiger partial charge >= 0.3 is 0 Å². The van der Waals surface area contributed by atoms with E-state index >= 15 is 0 Å². The van der Waals surface area contributed by atoms with Crippen LogP contribution in [0.1, 0.15) is 39.5 Å². The number of ether oxygens (including phenoxy) is 2. The molecule has 0 saturated carbocycles. The number of nitrogens with zero attached hydrogens (tertiary/aromatic N) is 1. The maximum absolute atomic E-state index is 12.4. The highest BCUT2D eigenvalue weighted by molar-refractivity contribution is 7.12. The van der Waals surface area contributed by atoms with E-state index in [1.807, 2.05) is 32.9 Å². The number of aryl methyl sites for hydroxylation is 2. The summed E-state index contributed by atoms with van der Waals surface area (Å²) in [5.74, 6) is 0.888. The van der Waals surface area contributed by atoms with Gasteiger partial charge in [0.05, 0.1) is 6.61 Å². The number of thiophene rings is 1. The molecule has 6 heteroatoms. The van der Waals surface area contributed by atoms with Crippen molar-refractivity contribution >= 4 is 29.1 Å². The molecule has 0 aliphatic carbocycles. The van der Waals surface area contributed by atoms with Crippen LogP contribution in [0.3, 0.4) is 0 Å². The molecule has 2 aromatic rings. The Labute approximate surface area is 170 Å². The molecule has 150 valence electrons. The second-order valence-electron chi connectivity index (χ2n) is 6.66. The van der Waals surface area contributed by atoms with Gasteiger partial charge < -0.3 is 14.4 Å². The molecule has 1 heterocycles. The standard InChI is InChI=1S/C22H27NO4S/c1-7-26-21-13-17(8-10-19(24)18-12-14(2)28-16(18)4)9-11-20(21)27-15(3)22(25)23(5)6/h8-13,15H,7H2,1-6H3/b10-8+/t15-/m1/s1. The van der Waals surface area contributed by atoms with E-state index in [-0.39, 0.29) is 11.7 Å². The van der Waals surface area contributed by atoms with Crippen molar-refractivity contribution < 1.29 is 19.1 Å². The summed E-state index contributed by atoms with van der Waals surface area (Å²) in [5, 5.41) is 0. The Morgan fingerprint density at radius 1 is 1.18 bits per heavy atom. The van der Waals surface area contributed by atoms with E-state index < -0.39 is 6.10 Å². The Balaban J connectivity index is 2.20. The number of allylic oxidation sites excluding steroid dienone is 1. The van der Waals surface area contributed by atoms with Crippen LogP contribution in [0.15, 0.2) is 30.3 Å². The summed E-state index contributed by atoms with van der Waals surface area (Å²) in [5.41, 5.74) is 1.56. The molecule has 2 rings (SSSR count). The summed E-state index contributed by atoms with van der Waals surface area (Å²) in [4.78, 5) is 28.1. The first kappa shape index (κ1) is 21.7. The van der Waals surface area contributed by atoms with Crippen molar-refractivity contribution in [2.75, 3.05) is 20.7 Å². The highest BCUT2D eigenvalue weighted by Gasteiger charge is 2.18. The third-order valence-electron chi connectivity index (χ3n) is 4.09. The zero-order chi connectivity index (χ0) is 20.8. The third kappa shape index (κ3) is 5.45. The van der Waals surface area contributed by atoms with Crippen LogP contribution in [0.25, 0.3) is 6.08 Å². The minimum Gasteiger partial charge on any atom is -0.490 e. The molecule has 0 unspecified atom stereocenters. The lowest BCUT2D eigenvalue weighted by Crippen LogP contribution is -2.35. The Morgan fingerprint density at radius 2 is 1.89 bits per heavy atom. The van der Waals surface area contributed by atoms with E-state index in [0.29, 0.717) is 18.1 Å². The zero-order valence-corrected chi connectivity index (χ0v) is 18.1. The first-order valence-electron chi connectivity index (χ1n) is 9.17. The van der Waals surface area contributed by atoms with Gasteiger partial charge in [-0.2, -0.15) is 0 Å². The summed E-state index contributed by atoms with van der Waals surface area (Å²) in [6.07, 6.45) is 2.70. The molecule has 0 bridgehead atoms. The normalized spacial score (nSPS) is 12.1. The summed E-state index contributed by atoms with van der Waals surface area (Å²) in [6.45, 7) is 8.00. The first-order valence-corrected chi connectivity index (χ1v) is 9.98. The van der Waals surface area contributed by atoms with Gasteiger partial charge in [0.2, 0.25) is 0 Å². The quantitative estimate of drug-likeness (QED) is 0.482. The minimum absolute atomic E-state index is 0.0228. The molecule has 1 aromatic carbocycles.